The number of likely N-dealkylation sites (tertiary alicyclic amines) is 3. The van der Waals surface area contributed by atoms with Crippen LogP contribution >= 0.6 is 0 Å². The molecule has 3 aliphatic rings. The van der Waals surface area contributed by atoms with Crippen molar-refractivity contribution < 1.29 is 9.59 Å². The molecule has 5 nitrogen and oxygen atoms in total. The zero-order chi connectivity index (χ0) is 19.6. The van der Waals surface area contributed by atoms with E-state index in [1.807, 2.05) is 4.90 Å². The Labute approximate surface area is 168 Å². The van der Waals surface area contributed by atoms with Crippen molar-refractivity contribution in [2.45, 2.75) is 44.4 Å². The summed E-state index contributed by atoms with van der Waals surface area (Å²) in [7, 11) is 2.23. The van der Waals surface area contributed by atoms with Crippen LogP contribution < -0.4 is 0 Å². The Hall–Kier alpha value is -1.88. The molecule has 0 aliphatic carbocycles. The molecule has 2 amide bonds. The maximum Gasteiger partial charge on any atom is 0.242 e. The second kappa shape index (κ2) is 8.24. The van der Waals surface area contributed by atoms with Crippen LogP contribution in [0, 0.1) is 5.41 Å². The van der Waals surface area contributed by atoms with Gasteiger partial charge in [-0.2, -0.15) is 0 Å². The molecule has 1 aromatic carbocycles. The number of amides is 2. The summed E-state index contributed by atoms with van der Waals surface area (Å²) >= 11 is 0. The summed E-state index contributed by atoms with van der Waals surface area (Å²) < 4.78 is 0. The van der Waals surface area contributed by atoms with Gasteiger partial charge in [0.1, 0.15) is 0 Å². The monoisotopic (exact) mass is 383 g/mol. The molecule has 4 rings (SSSR count). The maximum absolute atomic E-state index is 12.8. The number of carbonyl (C=O) groups is 2. The van der Waals surface area contributed by atoms with Crippen LogP contribution in [0.5, 0.6) is 0 Å². The van der Waals surface area contributed by atoms with E-state index in [2.05, 4.69) is 42.3 Å². The molecule has 0 aromatic heterocycles. The second-order valence-corrected chi connectivity index (χ2v) is 9.16. The van der Waals surface area contributed by atoms with Crippen molar-refractivity contribution in [2.75, 3.05) is 46.3 Å². The van der Waals surface area contributed by atoms with E-state index < -0.39 is 0 Å². The van der Waals surface area contributed by atoms with Crippen LogP contribution in [0.2, 0.25) is 0 Å². The predicted molar refractivity (Wildman–Crippen MR) is 110 cm³/mol. The molecule has 28 heavy (non-hydrogen) atoms. The van der Waals surface area contributed by atoms with Crippen molar-refractivity contribution in [3.05, 3.63) is 35.9 Å². The third-order valence-corrected chi connectivity index (χ3v) is 7.01. The van der Waals surface area contributed by atoms with Gasteiger partial charge >= 0.3 is 0 Å². The largest absolute Gasteiger partial charge is 0.341 e. The van der Waals surface area contributed by atoms with E-state index in [0.29, 0.717) is 17.8 Å². The van der Waals surface area contributed by atoms with Gasteiger partial charge in [0.15, 0.2) is 0 Å². The molecular weight excluding hydrogens is 350 g/mol. The van der Waals surface area contributed by atoms with Gasteiger partial charge in [-0.3, -0.25) is 9.59 Å². The SMILES string of the molecule is CN1C[C@H](c2ccccc2)CC2(CCN(C(=O)CN3CCCCC3=O)CC2)C1. The van der Waals surface area contributed by atoms with Crippen molar-refractivity contribution in [1.82, 2.24) is 14.7 Å². The summed E-state index contributed by atoms with van der Waals surface area (Å²) in [5.41, 5.74) is 1.75. The Kier molecular flexibility index (Phi) is 5.72. The molecule has 3 heterocycles. The van der Waals surface area contributed by atoms with Gasteiger partial charge in [0.25, 0.3) is 0 Å². The van der Waals surface area contributed by atoms with E-state index in [9.17, 15) is 9.59 Å². The molecule has 1 spiro atoms. The van der Waals surface area contributed by atoms with Crippen LogP contribution in [0.4, 0.5) is 0 Å². The van der Waals surface area contributed by atoms with Crippen LogP contribution in [0.25, 0.3) is 0 Å². The van der Waals surface area contributed by atoms with Crippen molar-refractivity contribution in [2.24, 2.45) is 5.41 Å². The van der Waals surface area contributed by atoms with Crippen molar-refractivity contribution in [1.29, 1.82) is 0 Å². The van der Waals surface area contributed by atoms with E-state index in [1.165, 1.54) is 12.0 Å². The summed E-state index contributed by atoms with van der Waals surface area (Å²) in [6.45, 7) is 4.92. The molecule has 152 valence electrons. The molecule has 0 N–H and O–H groups in total. The van der Waals surface area contributed by atoms with Gasteiger partial charge in [-0.1, -0.05) is 30.3 Å². The molecular formula is C23H33N3O2. The lowest BCUT2D eigenvalue weighted by molar-refractivity contribution is -0.143. The third-order valence-electron chi connectivity index (χ3n) is 7.01. The Balaban J connectivity index is 1.35. The predicted octanol–water partition coefficient (Wildman–Crippen LogP) is 2.73. The number of hydrogen-bond donors (Lipinski definition) is 0. The lowest BCUT2D eigenvalue weighted by Gasteiger charge is -2.49. The van der Waals surface area contributed by atoms with Gasteiger partial charge in [-0.05, 0) is 56.0 Å². The summed E-state index contributed by atoms with van der Waals surface area (Å²) in [6.07, 6.45) is 5.94. The van der Waals surface area contributed by atoms with E-state index in [1.54, 1.807) is 4.90 Å². The van der Waals surface area contributed by atoms with Gasteiger partial charge in [-0.15, -0.1) is 0 Å². The standard InChI is InChI=1S/C23H33N3O2/c1-24-16-20(19-7-3-2-4-8-19)15-23(18-24)10-13-25(14-11-23)22(28)17-26-12-6-5-9-21(26)27/h2-4,7-8,20H,5-6,9-18H2,1H3/t20-/m1/s1. The zero-order valence-electron chi connectivity index (χ0n) is 17.1. The molecule has 1 aromatic rings. The number of rotatable bonds is 3. The highest BCUT2D eigenvalue weighted by atomic mass is 16.2. The van der Waals surface area contributed by atoms with Crippen LogP contribution in [0.15, 0.2) is 30.3 Å². The highest BCUT2D eigenvalue weighted by Crippen LogP contribution is 2.44. The highest BCUT2D eigenvalue weighted by molar-refractivity contribution is 5.85. The first kappa shape index (κ1) is 19.4. The van der Waals surface area contributed by atoms with Gasteiger partial charge in [0.2, 0.25) is 11.8 Å². The number of hydrogen-bond acceptors (Lipinski definition) is 3. The molecule has 1 atom stereocenters. The minimum Gasteiger partial charge on any atom is -0.341 e. The molecule has 0 radical (unpaired) electrons. The number of piperidine rings is 3. The van der Waals surface area contributed by atoms with Crippen LogP contribution in [-0.2, 0) is 9.59 Å². The second-order valence-electron chi connectivity index (χ2n) is 9.16. The van der Waals surface area contributed by atoms with Gasteiger partial charge in [-0.25, -0.2) is 0 Å². The topological polar surface area (TPSA) is 43.9 Å². The molecule has 0 unspecified atom stereocenters. The fourth-order valence-corrected chi connectivity index (χ4v) is 5.50. The summed E-state index contributed by atoms with van der Waals surface area (Å²) in [6, 6.07) is 10.9. The Morgan fingerprint density at radius 2 is 1.86 bits per heavy atom. The maximum atomic E-state index is 12.8. The molecule has 0 bridgehead atoms. The quantitative estimate of drug-likeness (QED) is 0.806. The third kappa shape index (κ3) is 4.24. The van der Waals surface area contributed by atoms with E-state index in [4.69, 9.17) is 0 Å². The lowest BCUT2D eigenvalue weighted by atomic mass is 9.68. The smallest absolute Gasteiger partial charge is 0.242 e. The van der Waals surface area contributed by atoms with Gasteiger partial charge in [0, 0.05) is 39.1 Å². The normalized spacial score (nSPS) is 25.9. The Morgan fingerprint density at radius 1 is 1.11 bits per heavy atom. The molecule has 3 fully saturated rings. The van der Waals surface area contributed by atoms with E-state index in [0.717, 1.165) is 58.4 Å². The Bertz CT molecular complexity index is 697. The number of likely N-dealkylation sites (N-methyl/N-ethyl adjacent to an activating group) is 1. The summed E-state index contributed by atoms with van der Waals surface area (Å²) in [4.78, 5) is 31.0. The number of nitrogens with zero attached hydrogens (tertiary/aromatic N) is 3. The lowest BCUT2D eigenvalue weighted by Crippen LogP contribution is -2.53. The number of benzene rings is 1. The molecule has 3 aliphatic heterocycles. The first-order chi connectivity index (χ1) is 13.5. The van der Waals surface area contributed by atoms with E-state index in [-0.39, 0.29) is 18.4 Å². The van der Waals surface area contributed by atoms with Crippen molar-refractivity contribution in [3.63, 3.8) is 0 Å². The van der Waals surface area contributed by atoms with Crippen molar-refractivity contribution >= 4 is 11.8 Å². The minimum atomic E-state index is 0.133. The fraction of sp³-hybridized carbons (Fsp3) is 0.652. The molecule has 5 heteroatoms. The average molecular weight is 384 g/mol. The minimum absolute atomic E-state index is 0.133. The van der Waals surface area contributed by atoms with Gasteiger partial charge in [0.05, 0.1) is 6.54 Å². The van der Waals surface area contributed by atoms with Crippen LogP contribution in [0.3, 0.4) is 0 Å². The van der Waals surface area contributed by atoms with Crippen LogP contribution in [-0.4, -0.2) is 72.8 Å². The Morgan fingerprint density at radius 3 is 2.57 bits per heavy atom. The van der Waals surface area contributed by atoms with E-state index >= 15 is 0 Å². The highest BCUT2D eigenvalue weighted by Gasteiger charge is 2.42. The molecule has 3 saturated heterocycles. The zero-order valence-corrected chi connectivity index (χ0v) is 17.1. The first-order valence-corrected chi connectivity index (χ1v) is 10.8. The molecule has 0 saturated carbocycles. The average Bonchev–Trinajstić information content (AvgIpc) is 2.70. The van der Waals surface area contributed by atoms with Crippen LogP contribution in [0.1, 0.15) is 50.0 Å². The number of carbonyl (C=O) groups excluding carboxylic acids is 2. The van der Waals surface area contributed by atoms with Gasteiger partial charge < -0.3 is 14.7 Å². The first-order valence-electron chi connectivity index (χ1n) is 10.8. The fourth-order valence-electron chi connectivity index (χ4n) is 5.50. The van der Waals surface area contributed by atoms with Crippen molar-refractivity contribution in [3.8, 4) is 0 Å². The summed E-state index contributed by atoms with van der Waals surface area (Å²) in [5.74, 6) is 0.856. The summed E-state index contributed by atoms with van der Waals surface area (Å²) in [5, 5.41) is 0.